The Kier molecular flexibility index (Phi) is 6.15. The van der Waals surface area contributed by atoms with Crippen molar-refractivity contribution in [1.29, 1.82) is 0 Å². The maximum Gasteiger partial charge on any atom is 0.220 e. The lowest BCUT2D eigenvalue weighted by Crippen LogP contribution is -2.40. The van der Waals surface area contributed by atoms with Crippen molar-refractivity contribution in [2.24, 2.45) is 0 Å². The molecule has 122 valence electrons. The summed E-state index contributed by atoms with van der Waals surface area (Å²) in [5, 5.41) is 2.99. The van der Waals surface area contributed by atoms with Crippen molar-refractivity contribution < 1.29 is 9.59 Å². The number of nitrogens with one attached hydrogen (secondary N) is 1. The standard InChI is InChI=1S/C17H26N2O2S/c1-4-19-9-5-6-14(19)11-18-17(21)8-7-16(20)15-10-12(2)22-13(15)3/h10,14H,4-9,11H2,1-3H3,(H,18,21). The molecule has 1 N–H and O–H groups in total. The van der Waals surface area contributed by atoms with E-state index in [0.717, 1.165) is 34.8 Å². The van der Waals surface area contributed by atoms with Crippen molar-refractivity contribution in [1.82, 2.24) is 10.2 Å². The Morgan fingerprint density at radius 3 is 2.77 bits per heavy atom. The van der Waals surface area contributed by atoms with Gasteiger partial charge in [-0.3, -0.25) is 14.5 Å². The molecule has 4 nitrogen and oxygen atoms in total. The van der Waals surface area contributed by atoms with Gasteiger partial charge in [0.25, 0.3) is 0 Å². The number of hydrogen-bond donors (Lipinski definition) is 1. The smallest absolute Gasteiger partial charge is 0.220 e. The second-order valence-corrected chi connectivity index (χ2v) is 7.44. The van der Waals surface area contributed by atoms with Crippen LogP contribution in [0.15, 0.2) is 6.07 Å². The molecule has 1 aromatic rings. The number of nitrogens with zero attached hydrogens (tertiary/aromatic N) is 1. The van der Waals surface area contributed by atoms with Gasteiger partial charge in [-0.15, -0.1) is 11.3 Å². The summed E-state index contributed by atoms with van der Waals surface area (Å²) in [6.45, 7) is 9.00. The number of ketones is 1. The summed E-state index contributed by atoms with van der Waals surface area (Å²) in [5.74, 6) is 0.0639. The summed E-state index contributed by atoms with van der Waals surface area (Å²) in [6.07, 6.45) is 2.95. The second kappa shape index (κ2) is 7.88. The highest BCUT2D eigenvalue weighted by atomic mass is 32.1. The summed E-state index contributed by atoms with van der Waals surface area (Å²) in [6, 6.07) is 2.39. The topological polar surface area (TPSA) is 49.4 Å². The fourth-order valence-corrected chi connectivity index (χ4v) is 4.07. The van der Waals surface area contributed by atoms with Crippen LogP contribution in [0.2, 0.25) is 0 Å². The van der Waals surface area contributed by atoms with Gasteiger partial charge < -0.3 is 5.32 Å². The Hall–Kier alpha value is -1.20. The van der Waals surface area contributed by atoms with E-state index in [4.69, 9.17) is 0 Å². The Labute approximate surface area is 136 Å². The van der Waals surface area contributed by atoms with Crippen LogP contribution in [0.25, 0.3) is 0 Å². The molecule has 2 rings (SSSR count). The molecule has 0 bridgehead atoms. The zero-order chi connectivity index (χ0) is 16.1. The number of carbonyl (C=O) groups excluding carboxylic acids is 2. The van der Waals surface area contributed by atoms with Gasteiger partial charge in [-0.2, -0.15) is 0 Å². The summed E-state index contributed by atoms with van der Waals surface area (Å²) in [5.41, 5.74) is 0.781. The minimum atomic E-state index is -0.0130. The summed E-state index contributed by atoms with van der Waals surface area (Å²) >= 11 is 1.63. The number of amides is 1. The molecular formula is C17H26N2O2S. The first-order valence-corrected chi connectivity index (χ1v) is 8.94. The number of Topliss-reactive ketones (excluding diaryl/α,β-unsaturated/α-hetero) is 1. The molecule has 0 radical (unpaired) electrons. The molecule has 1 aliphatic heterocycles. The first kappa shape index (κ1) is 17.2. The number of carbonyl (C=O) groups is 2. The van der Waals surface area contributed by atoms with E-state index in [1.165, 1.54) is 6.42 Å². The van der Waals surface area contributed by atoms with Gasteiger partial charge in [0.1, 0.15) is 0 Å². The van der Waals surface area contributed by atoms with Crippen LogP contribution in [0.3, 0.4) is 0 Å². The van der Waals surface area contributed by atoms with Crippen LogP contribution in [-0.4, -0.2) is 42.3 Å². The van der Waals surface area contributed by atoms with Crippen molar-refractivity contribution in [2.45, 2.75) is 52.5 Å². The maximum atomic E-state index is 12.2. The van der Waals surface area contributed by atoms with E-state index in [1.54, 1.807) is 11.3 Å². The minimum absolute atomic E-state index is 0.0130. The minimum Gasteiger partial charge on any atom is -0.355 e. The largest absolute Gasteiger partial charge is 0.355 e. The molecule has 22 heavy (non-hydrogen) atoms. The van der Waals surface area contributed by atoms with Crippen LogP contribution in [0.4, 0.5) is 0 Å². The van der Waals surface area contributed by atoms with Gasteiger partial charge in [0.2, 0.25) is 5.91 Å². The second-order valence-electron chi connectivity index (χ2n) is 5.98. The average Bonchev–Trinajstić information content (AvgIpc) is 3.08. The highest BCUT2D eigenvalue weighted by molar-refractivity contribution is 7.12. The SMILES string of the molecule is CCN1CCCC1CNC(=O)CCC(=O)c1cc(C)sc1C. The van der Waals surface area contributed by atoms with Gasteiger partial charge in [0, 0.05) is 40.7 Å². The highest BCUT2D eigenvalue weighted by Gasteiger charge is 2.23. The number of aryl methyl sites for hydroxylation is 2. The van der Waals surface area contributed by atoms with Gasteiger partial charge in [0.05, 0.1) is 0 Å². The van der Waals surface area contributed by atoms with Crippen molar-refractivity contribution in [3.8, 4) is 0 Å². The quantitative estimate of drug-likeness (QED) is 0.785. The van der Waals surface area contributed by atoms with Crippen LogP contribution >= 0.6 is 11.3 Å². The number of rotatable bonds is 7. The maximum absolute atomic E-state index is 12.2. The van der Waals surface area contributed by atoms with Crippen LogP contribution in [0.5, 0.6) is 0 Å². The Balaban J connectivity index is 1.73. The normalized spacial score (nSPS) is 18.6. The molecule has 1 atom stereocenters. The van der Waals surface area contributed by atoms with Gasteiger partial charge in [-0.05, 0) is 45.8 Å². The molecule has 1 saturated heterocycles. The molecule has 1 unspecified atom stereocenters. The van der Waals surface area contributed by atoms with Crippen LogP contribution in [-0.2, 0) is 4.79 Å². The molecule has 1 fully saturated rings. The van der Waals surface area contributed by atoms with Gasteiger partial charge in [-0.1, -0.05) is 6.92 Å². The first-order chi connectivity index (χ1) is 10.5. The van der Waals surface area contributed by atoms with E-state index >= 15 is 0 Å². The van der Waals surface area contributed by atoms with Crippen molar-refractivity contribution >= 4 is 23.0 Å². The number of likely N-dealkylation sites (tertiary alicyclic amines) is 1. The zero-order valence-electron chi connectivity index (χ0n) is 13.8. The van der Waals surface area contributed by atoms with Gasteiger partial charge in [-0.25, -0.2) is 0 Å². The van der Waals surface area contributed by atoms with E-state index in [0.29, 0.717) is 19.0 Å². The van der Waals surface area contributed by atoms with E-state index < -0.39 is 0 Å². The lowest BCUT2D eigenvalue weighted by molar-refractivity contribution is -0.121. The number of hydrogen-bond acceptors (Lipinski definition) is 4. The molecule has 1 aromatic heterocycles. The molecule has 1 aliphatic rings. The third kappa shape index (κ3) is 4.40. The molecule has 0 spiro atoms. The monoisotopic (exact) mass is 322 g/mol. The molecule has 5 heteroatoms. The molecule has 0 aromatic carbocycles. The lowest BCUT2D eigenvalue weighted by Gasteiger charge is -2.22. The van der Waals surface area contributed by atoms with Gasteiger partial charge >= 0.3 is 0 Å². The third-order valence-corrected chi connectivity index (χ3v) is 5.33. The zero-order valence-corrected chi connectivity index (χ0v) is 14.6. The Morgan fingerprint density at radius 1 is 1.36 bits per heavy atom. The third-order valence-electron chi connectivity index (χ3n) is 4.36. The number of thiophene rings is 1. The summed E-state index contributed by atoms with van der Waals surface area (Å²) < 4.78 is 0. The van der Waals surface area contributed by atoms with Crippen LogP contribution in [0.1, 0.15) is 52.7 Å². The van der Waals surface area contributed by atoms with Crippen LogP contribution < -0.4 is 5.32 Å². The van der Waals surface area contributed by atoms with E-state index in [1.807, 2.05) is 19.9 Å². The average molecular weight is 322 g/mol. The number of likely N-dealkylation sites (N-methyl/N-ethyl adjacent to an activating group) is 1. The van der Waals surface area contributed by atoms with E-state index in [9.17, 15) is 9.59 Å². The van der Waals surface area contributed by atoms with E-state index in [-0.39, 0.29) is 18.1 Å². The Bertz CT molecular complexity index is 539. The molecule has 1 amide bonds. The molecule has 0 saturated carbocycles. The van der Waals surface area contributed by atoms with Crippen molar-refractivity contribution in [3.63, 3.8) is 0 Å². The van der Waals surface area contributed by atoms with Gasteiger partial charge in [0.15, 0.2) is 5.78 Å². The summed E-state index contributed by atoms with van der Waals surface area (Å²) in [7, 11) is 0. The predicted molar refractivity (Wildman–Crippen MR) is 90.6 cm³/mol. The van der Waals surface area contributed by atoms with E-state index in [2.05, 4.69) is 17.1 Å². The molecule has 2 heterocycles. The Morgan fingerprint density at radius 2 is 2.14 bits per heavy atom. The first-order valence-electron chi connectivity index (χ1n) is 8.12. The molecular weight excluding hydrogens is 296 g/mol. The van der Waals surface area contributed by atoms with Crippen LogP contribution in [0, 0.1) is 13.8 Å². The van der Waals surface area contributed by atoms with Crippen molar-refractivity contribution in [2.75, 3.05) is 19.6 Å². The predicted octanol–water partition coefficient (Wildman–Crippen LogP) is 2.93. The fourth-order valence-electron chi connectivity index (χ4n) is 3.13. The lowest BCUT2D eigenvalue weighted by atomic mass is 10.1. The fraction of sp³-hybridized carbons (Fsp3) is 0.647. The van der Waals surface area contributed by atoms with Crippen molar-refractivity contribution in [3.05, 3.63) is 21.4 Å². The highest BCUT2D eigenvalue weighted by Crippen LogP contribution is 2.22. The molecule has 0 aliphatic carbocycles. The summed E-state index contributed by atoms with van der Waals surface area (Å²) in [4.78, 5) is 28.7.